The third kappa shape index (κ3) is 2.41. The Morgan fingerprint density at radius 2 is 2.12 bits per heavy atom. The van der Waals surface area contributed by atoms with Gasteiger partial charge in [-0.2, -0.15) is 5.26 Å². The Morgan fingerprint density at radius 3 is 2.69 bits per heavy atom. The summed E-state index contributed by atoms with van der Waals surface area (Å²) < 4.78 is 5.32. The zero-order valence-corrected chi connectivity index (χ0v) is 9.47. The monoisotopic (exact) mass is 216 g/mol. The summed E-state index contributed by atoms with van der Waals surface area (Å²) in [4.78, 5) is 2.28. The minimum Gasteiger partial charge on any atom is -0.379 e. The maximum Gasteiger partial charge on any atom is 0.0868 e. The number of rotatable bonds is 3. The van der Waals surface area contributed by atoms with E-state index in [1.807, 2.05) is 18.2 Å². The molecule has 0 spiro atoms. The standard InChI is InChI=1S/C13H16N2O/c1-16-13-10-15(9-12(13)7-14)8-11-5-3-2-4-6-11/h2-6,12-13H,8-10H2,1H3/t12-,13-/m1/s1. The summed E-state index contributed by atoms with van der Waals surface area (Å²) in [6.07, 6.45) is 0.0636. The van der Waals surface area contributed by atoms with Gasteiger partial charge in [0.25, 0.3) is 0 Å². The lowest BCUT2D eigenvalue weighted by Gasteiger charge is -2.14. The number of nitriles is 1. The predicted molar refractivity (Wildman–Crippen MR) is 61.6 cm³/mol. The van der Waals surface area contributed by atoms with Crippen LogP contribution < -0.4 is 0 Å². The van der Waals surface area contributed by atoms with Crippen LogP contribution in [0.2, 0.25) is 0 Å². The third-order valence-electron chi connectivity index (χ3n) is 3.06. The van der Waals surface area contributed by atoms with Crippen molar-refractivity contribution in [2.45, 2.75) is 12.6 Å². The van der Waals surface area contributed by atoms with Gasteiger partial charge in [0, 0.05) is 26.7 Å². The first kappa shape index (κ1) is 11.1. The van der Waals surface area contributed by atoms with Gasteiger partial charge in [-0.05, 0) is 5.56 Å². The molecule has 1 aliphatic rings. The van der Waals surface area contributed by atoms with E-state index in [-0.39, 0.29) is 12.0 Å². The van der Waals surface area contributed by atoms with Gasteiger partial charge in [-0.25, -0.2) is 0 Å². The van der Waals surface area contributed by atoms with Crippen molar-refractivity contribution in [2.24, 2.45) is 5.92 Å². The van der Waals surface area contributed by atoms with Gasteiger partial charge < -0.3 is 4.74 Å². The fraction of sp³-hybridized carbons (Fsp3) is 0.462. The Labute approximate surface area is 96.2 Å². The Bertz CT molecular complexity index is 371. The molecule has 1 aromatic carbocycles. The van der Waals surface area contributed by atoms with Gasteiger partial charge in [0.1, 0.15) is 0 Å². The van der Waals surface area contributed by atoms with Gasteiger partial charge in [-0.1, -0.05) is 30.3 Å². The molecule has 1 aromatic rings. The summed E-state index contributed by atoms with van der Waals surface area (Å²) in [7, 11) is 1.68. The minimum absolute atomic E-state index is 0.00807. The Balaban J connectivity index is 1.96. The largest absolute Gasteiger partial charge is 0.379 e. The normalized spacial score (nSPS) is 25.5. The van der Waals surface area contributed by atoms with Crippen LogP contribution in [-0.4, -0.2) is 31.2 Å². The quantitative estimate of drug-likeness (QED) is 0.771. The van der Waals surface area contributed by atoms with Crippen molar-refractivity contribution < 1.29 is 4.74 Å². The van der Waals surface area contributed by atoms with Gasteiger partial charge in [-0.15, -0.1) is 0 Å². The lowest BCUT2D eigenvalue weighted by atomic mass is 10.1. The van der Waals surface area contributed by atoms with E-state index in [0.717, 1.165) is 19.6 Å². The van der Waals surface area contributed by atoms with Gasteiger partial charge in [0.2, 0.25) is 0 Å². The molecular formula is C13H16N2O. The van der Waals surface area contributed by atoms with Crippen LogP contribution in [0.1, 0.15) is 5.56 Å². The van der Waals surface area contributed by atoms with E-state index in [4.69, 9.17) is 10.00 Å². The number of nitrogens with zero attached hydrogens (tertiary/aromatic N) is 2. The molecule has 0 unspecified atom stereocenters. The highest BCUT2D eigenvalue weighted by atomic mass is 16.5. The van der Waals surface area contributed by atoms with E-state index in [1.54, 1.807) is 7.11 Å². The molecule has 0 aliphatic carbocycles. The third-order valence-corrected chi connectivity index (χ3v) is 3.06. The molecule has 1 heterocycles. The number of hydrogen-bond donors (Lipinski definition) is 0. The van der Waals surface area contributed by atoms with E-state index in [1.165, 1.54) is 5.56 Å². The van der Waals surface area contributed by atoms with E-state index in [9.17, 15) is 0 Å². The molecule has 1 saturated heterocycles. The second kappa shape index (κ2) is 5.11. The highest BCUT2D eigenvalue weighted by Gasteiger charge is 2.32. The second-order valence-corrected chi connectivity index (χ2v) is 4.19. The van der Waals surface area contributed by atoms with Crippen molar-refractivity contribution in [1.29, 1.82) is 5.26 Å². The van der Waals surface area contributed by atoms with Crippen molar-refractivity contribution in [3.63, 3.8) is 0 Å². The molecule has 3 nitrogen and oxygen atoms in total. The highest BCUT2D eigenvalue weighted by Crippen LogP contribution is 2.20. The smallest absolute Gasteiger partial charge is 0.0868 e. The van der Waals surface area contributed by atoms with Crippen molar-refractivity contribution >= 4 is 0 Å². The van der Waals surface area contributed by atoms with Crippen LogP contribution in [0.25, 0.3) is 0 Å². The van der Waals surface area contributed by atoms with Crippen LogP contribution in [0.15, 0.2) is 30.3 Å². The highest BCUT2D eigenvalue weighted by molar-refractivity contribution is 5.15. The summed E-state index contributed by atoms with van der Waals surface area (Å²) >= 11 is 0. The molecular weight excluding hydrogens is 200 g/mol. The van der Waals surface area contributed by atoms with E-state index >= 15 is 0 Å². The van der Waals surface area contributed by atoms with Crippen LogP contribution in [0.3, 0.4) is 0 Å². The molecule has 16 heavy (non-hydrogen) atoms. The lowest BCUT2D eigenvalue weighted by molar-refractivity contribution is 0.0918. The predicted octanol–water partition coefficient (Wildman–Crippen LogP) is 1.66. The minimum atomic E-state index is 0.00807. The van der Waals surface area contributed by atoms with Crippen LogP contribution in [0.4, 0.5) is 0 Å². The van der Waals surface area contributed by atoms with Crippen LogP contribution >= 0.6 is 0 Å². The summed E-state index contributed by atoms with van der Waals surface area (Å²) in [5.41, 5.74) is 1.29. The number of ether oxygens (including phenoxy) is 1. The zero-order valence-electron chi connectivity index (χ0n) is 9.47. The first-order chi connectivity index (χ1) is 7.83. The van der Waals surface area contributed by atoms with Gasteiger partial charge in [0.05, 0.1) is 18.1 Å². The molecule has 2 rings (SSSR count). The van der Waals surface area contributed by atoms with Crippen LogP contribution in [0, 0.1) is 17.2 Å². The average molecular weight is 216 g/mol. The second-order valence-electron chi connectivity index (χ2n) is 4.19. The molecule has 0 radical (unpaired) electrons. The molecule has 0 bridgehead atoms. The Hall–Kier alpha value is -1.37. The summed E-state index contributed by atoms with van der Waals surface area (Å²) in [5, 5.41) is 8.99. The van der Waals surface area contributed by atoms with Gasteiger partial charge >= 0.3 is 0 Å². The average Bonchev–Trinajstić information content (AvgIpc) is 2.72. The molecule has 0 aromatic heterocycles. The zero-order chi connectivity index (χ0) is 11.4. The molecule has 2 atom stereocenters. The first-order valence-corrected chi connectivity index (χ1v) is 5.52. The molecule has 0 N–H and O–H groups in total. The molecule has 1 fully saturated rings. The number of benzene rings is 1. The topological polar surface area (TPSA) is 36.3 Å². The molecule has 0 saturated carbocycles. The number of likely N-dealkylation sites (tertiary alicyclic amines) is 1. The lowest BCUT2D eigenvalue weighted by Crippen LogP contribution is -2.22. The van der Waals surface area contributed by atoms with Crippen LogP contribution in [0.5, 0.6) is 0 Å². The van der Waals surface area contributed by atoms with Crippen molar-refractivity contribution in [3.8, 4) is 6.07 Å². The van der Waals surface area contributed by atoms with E-state index in [0.29, 0.717) is 0 Å². The number of methoxy groups -OCH3 is 1. The Kier molecular flexibility index (Phi) is 3.55. The molecule has 3 heteroatoms. The fourth-order valence-corrected chi connectivity index (χ4v) is 2.19. The maximum absolute atomic E-state index is 8.99. The molecule has 84 valence electrons. The summed E-state index contributed by atoms with van der Waals surface area (Å²) in [6, 6.07) is 12.6. The Morgan fingerprint density at radius 1 is 1.38 bits per heavy atom. The van der Waals surface area contributed by atoms with Crippen molar-refractivity contribution in [2.75, 3.05) is 20.2 Å². The summed E-state index contributed by atoms with van der Waals surface area (Å²) in [5.74, 6) is 0.00807. The van der Waals surface area contributed by atoms with E-state index in [2.05, 4.69) is 23.1 Å². The van der Waals surface area contributed by atoms with Crippen molar-refractivity contribution in [3.05, 3.63) is 35.9 Å². The van der Waals surface area contributed by atoms with E-state index < -0.39 is 0 Å². The molecule has 0 amide bonds. The van der Waals surface area contributed by atoms with Gasteiger partial charge in [0.15, 0.2) is 0 Å². The fourth-order valence-electron chi connectivity index (χ4n) is 2.19. The maximum atomic E-state index is 8.99. The van der Waals surface area contributed by atoms with Crippen molar-refractivity contribution in [1.82, 2.24) is 4.90 Å². The van der Waals surface area contributed by atoms with Gasteiger partial charge in [-0.3, -0.25) is 4.90 Å². The first-order valence-electron chi connectivity index (χ1n) is 5.52. The van der Waals surface area contributed by atoms with Crippen LogP contribution in [-0.2, 0) is 11.3 Å². The molecule has 1 aliphatic heterocycles. The number of hydrogen-bond acceptors (Lipinski definition) is 3. The SMILES string of the molecule is CO[C@@H]1CN(Cc2ccccc2)C[C@H]1C#N. The summed E-state index contributed by atoms with van der Waals surface area (Å²) in [6.45, 7) is 2.56.